The van der Waals surface area contributed by atoms with Crippen molar-refractivity contribution in [2.75, 3.05) is 5.73 Å². The zero-order chi connectivity index (χ0) is 12.7. The predicted octanol–water partition coefficient (Wildman–Crippen LogP) is 3.55. The summed E-state index contributed by atoms with van der Waals surface area (Å²) in [6, 6.07) is 10.9. The molecule has 5 heteroatoms. The van der Waals surface area contributed by atoms with Gasteiger partial charge in [0, 0.05) is 10.5 Å². The first kappa shape index (κ1) is 11.1. The summed E-state index contributed by atoms with van der Waals surface area (Å²) in [4.78, 5) is 0. The maximum absolute atomic E-state index is 10.0. The summed E-state index contributed by atoms with van der Waals surface area (Å²) in [5.41, 5.74) is 6.14. The Morgan fingerprint density at radius 3 is 2.72 bits per heavy atom. The molecule has 1 heterocycles. The fourth-order valence-corrected chi connectivity index (χ4v) is 2.33. The van der Waals surface area contributed by atoms with Gasteiger partial charge in [-0.15, -0.1) is 0 Å². The fourth-order valence-electron chi connectivity index (χ4n) is 1.95. The van der Waals surface area contributed by atoms with Crippen LogP contribution in [-0.4, -0.2) is 10.3 Å². The van der Waals surface area contributed by atoms with Crippen molar-refractivity contribution in [3.8, 4) is 17.1 Å². The molecule has 18 heavy (non-hydrogen) atoms. The molecule has 0 saturated heterocycles. The molecule has 3 aromatic rings. The topological polar surface area (TPSA) is 72.3 Å². The van der Waals surface area contributed by atoms with Gasteiger partial charge in [-0.2, -0.15) is 0 Å². The molecular weight excluding hydrogens is 296 g/mol. The molecule has 0 fully saturated rings. The lowest BCUT2D eigenvalue weighted by atomic mass is 10.0. The van der Waals surface area contributed by atoms with Gasteiger partial charge in [0.1, 0.15) is 5.75 Å². The Hall–Kier alpha value is -2.01. The lowest BCUT2D eigenvalue weighted by molar-refractivity contribution is 0.430. The van der Waals surface area contributed by atoms with E-state index in [-0.39, 0.29) is 5.75 Å². The van der Waals surface area contributed by atoms with Crippen LogP contribution in [0.25, 0.3) is 22.1 Å². The van der Waals surface area contributed by atoms with Crippen molar-refractivity contribution < 1.29 is 9.63 Å². The lowest BCUT2D eigenvalue weighted by Crippen LogP contribution is -1.82. The Labute approximate surface area is 111 Å². The second-order valence-corrected chi connectivity index (χ2v) is 4.86. The van der Waals surface area contributed by atoms with Gasteiger partial charge >= 0.3 is 0 Å². The maximum Gasteiger partial charge on any atom is 0.173 e. The lowest BCUT2D eigenvalue weighted by Gasteiger charge is -2.06. The van der Waals surface area contributed by atoms with E-state index >= 15 is 0 Å². The molecule has 90 valence electrons. The van der Waals surface area contributed by atoms with Gasteiger partial charge in [-0.1, -0.05) is 33.2 Å². The molecule has 0 unspecified atom stereocenters. The van der Waals surface area contributed by atoms with E-state index in [1.807, 2.05) is 24.3 Å². The molecular formula is C13H9BrN2O2. The molecule has 0 aliphatic rings. The summed E-state index contributed by atoms with van der Waals surface area (Å²) in [6.07, 6.45) is 0. The van der Waals surface area contributed by atoms with Crippen molar-refractivity contribution in [1.82, 2.24) is 5.16 Å². The van der Waals surface area contributed by atoms with Crippen molar-refractivity contribution in [2.45, 2.75) is 0 Å². The van der Waals surface area contributed by atoms with E-state index in [0.29, 0.717) is 17.1 Å². The van der Waals surface area contributed by atoms with E-state index in [9.17, 15) is 5.11 Å². The molecule has 0 radical (unpaired) electrons. The second-order valence-electron chi connectivity index (χ2n) is 3.94. The summed E-state index contributed by atoms with van der Waals surface area (Å²) in [6.45, 7) is 0. The number of phenols is 1. The first-order valence-electron chi connectivity index (χ1n) is 5.29. The molecule has 0 atom stereocenters. The number of halogens is 1. The highest BCUT2D eigenvalue weighted by molar-refractivity contribution is 9.10. The number of hydrogen-bond donors (Lipinski definition) is 2. The molecule has 0 aliphatic heterocycles. The minimum Gasteiger partial charge on any atom is -0.507 e. The third-order valence-corrected chi connectivity index (χ3v) is 3.23. The number of nitrogen functional groups attached to an aromatic ring is 1. The van der Waals surface area contributed by atoms with Crippen LogP contribution in [-0.2, 0) is 0 Å². The van der Waals surface area contributed by atoms with Gasteiger partial charge in [0.05, 0.1) is 5.56 Å². The number of nitrogens with two attached hydrogens (primary N) is 1. The highest BCUT2D eigenvalue weighted by Gasteiger charge is 2.14. The van der Waals surface area contributed by atoms with Crippen LogP contribution in [0.3, 0.4) is 0 Å². The number of aromatic hydroxyl groups is 1. The van der Waals surface area contributed by atoms with E-state index in [2.05, 4.69) is 21.1 Å². The smallest absolute Gasteiger partial charge is 0.173 e. The molecule has 3 N–H and O–H groups in total. The first-order valence-corrected chi connectivity index (χ1v) is 6.08. The normalized spacial score (nSPS) is 10.9. The Bertz CT molecular complexity index is 737. The fraction of sp³-hybridized carbons (Fsp3) is 0. The van der Waals surface area contributed by atoms with Gasteiger partial charge in [0.15, 0.2) is 11.6 Å². The zero-order valence-electron chi connectivity index (χ0n) is 9.22. The average molecular weight is 305 g/mol. The van der Waals surface area contributed by atoms with E-state index in [0.717, 1.165) is 15.2 Å². The van der Waals surface area contributed by atoms with E-state index in [1.165, 1.54) is 0 Å². The van der Waals surface area contributed by atoms with Crippen molar-refractivity contribution in [2.24, 2.45) is 0 Å². The van der Waals surface area contributed by atoms with Gasteiger partial charge in [-0.25, -0.2) is 0 Å². The summed E-state index contributed by atoms with van der Waals surface area (Å²) in [5, 5.41) is 15.5. The van der Waals surface area contributed by atoms with Crippen molar-refractivity contribution >= 4 is 32.5 Å². The van der Waals surface area contributed by atoms with Gasteiger partial charge in [0.2, 0.25) is 0 Å². The Balaban J connectivity index is 2.36. The average Bonchev–Trinajstić information content (AvgIpc) is 2.76. The number of anilines is 1. The Morgan fingerprint density at radius 1 is 1.17 bits per heavy atom. The molecule has 0 saturated carbocycles. The van der Waals surface area contributed by atoms with Gasteiger partial charge in [0.25, 0.3) is 0 Å². The van der Waals surface area contributed by atoms with E-state index in [1.54, 1.807) is 12.1 Å². The van der Waals surface area contributed by atoms with Crippen LogP contribution in [0, 0.1) is 0 Å². The summed E-state index contributed by atoms with van der Waals surface area (Å²) < 4.78 is 6.10. The number of fused-ring (bicyclic) bond motifs is 1. The monoisotopic (exact) mass is 304 g/mol. The second kappa shape index (κ2) is 4.03. The quantitative estimate of drug-likeness (QED) is 0.721. The van der Waals surface area contributed by atoms with Gasteiger partial charge in [-0.3, -0.25) is 0 Å². The summed E-state index contributed by atoms with van der Waals surface area (Å²) in [7, 11) is 0. The molecule has 0 aliphatic carbocycles. The highest BCUT2D eigenvalue weighted by atomic mass is 79.9. The molecule has 4 nitrogen and oxygen atoms in total. The van der Waals surface area contributed by atoms with Crippen LogP contribution in [0.2, 0.25) is 0 Å². The minimum absolute atomic E-state index is 0.140. The SMILES string of the molecule is Nc1cc(-c2c(O)ccc3cc(Br)ccc23)on1. The number of aromatic nitrogens is 1. The summed E-state index contributed by atoms with van der Waals surface area (Å²) in [5.74, 6) is 0.886. The third-order valence-electron chi connectivity index (χ3n) is 2.73. The van der Waals surface area contributed by atoms with Crippen LogP contribution < -0.4 is 5.73 Å². The maximum atomic E-state index is 10.0. The molecule has 2 aromatic carbocycles. The first-order chi connectivity index (χ1) is 8.65. The largest absolute Gasteiger partial charge is 0.507 e. The number of phenolic OH excluding ortho intramolecular Hbond substituents is 1. The summed E-state index contributed by atoms with van der Waals surface area (Å²) >= 11 is 3.42. The minimum atomic E-state index is 0.140. The Kier molecular flexibility index (Phi) is 2.48. The standard InChI is InChI=1S/C13H9BrN2O2/c14-8-2-3-9-7(5-8)1-4-10(17)13(9)11-6-12(15)16-18-11/h1-6,17H,(H2,15,16). The molecule has 0 amide bonds. The molecule has 0 bridgehead atoms. The number of nitrogens with zero attached hydrogens (tertiary/aromatic N) is 1. The van der Waals surface area contributed by atoms with Crippen LogP contribution in [0.1, 0.15) is 0 Å². The van der Waals surface area contributed by atoms with Gasteiger partial charge < -0.3 is 15.4 Å². The van der Waals surface area contributed by atoms with Crippen molar-refractivity contribution in [3.63, 3.8) is 0 Å². The van der Waals surface area contributed by atoms with Crippen molar-refractivity contribution in [3.05, 3.63) is 40.9 Å². The molecule has 3 rings (SSSR count). The Morgan fingerprint density at radius 2 is 2.00 bits per heavy atom. The number of hydrogen-bond acceptors (Lipinski definition) is 4. The highest BCUT2D eigenvalue weighted by Crippen LogP contribution is 2.37. The third kappa shape index (κ3) is 1.73. The number of rotatable bonds is 1. The van der Waals surface area contributed by atoms with E-state index in [4.69, 9.17) is 10.3 Å². The van der Waals surface area contributed by atoms with Gasteiger partial charge in [-0.05, 0) is 29.0 Å². The zero-order valence-corrected chi connectivity index (χ0v) is 10.8. The van der Waals surface area contributed by atoms with Crippen LogP contribution in [0.5, 0.6) is 5.75 Å². The van der Waals surface area contributed by atoms with Crippen LogP contribution in [0.4, 0.5) is 5.82 Å². The number of benzene rings is 2. The van der Waals surface area contributed by atoms with Crippen LogP contribution >= 0.6 is 15.9 Å². The van der Waals surface area contributed by atoms with Crippen LogP contribution in [0.15, 0.2) is 45.4 Å². The molecule has 1 aromatic heterocycles. The van der Waals surface area contributed by atoms with E-state index < -0.39 is 0 Å². The van der Waals surface area contributed by atoms with Crippen molar-refractivity contribution in [1.29, 1.82) is 0 Å². The molecule has 0 spiro atoms. The predicted molar refractivity (Wildman–Crippen MR) is 73.2 cm³/mol.